The normalized spacial score (nSPS) is 13.5. The topological polar surface area (TPSA) is 134 Å². The van der Waals surface area contributed by atoms with E-state index in [2.05, 4.69) is 4.74 Å². The quantitative estimate of drug-likeness (QED) is 0.413. The van der Waals surface area contributed by atoms with Crippen LogP contribution in [0.2, 0.25) is 0 Å². The molecule has 0 aliphatic carbocycles. The molecule has 21 heavy (non-hydrogen) atoms. The highest BCUT2D eigenvalue weighted by atomic mass is 16.6. The summed E-state index contributed by atoms with van der Waals surface area (Å²) in [6, 6.07) is 0. The third-order valence-electron chi connectivity index (χ3n) is 2.85. The van der Waals surface area contributed by atoms with E-state index < -0.39 is 40.0 Å². The van der Waals surface area contributed by atoms with Crippen molar-refractivity contribution in [3.8, 4) is 0 Å². The number of hydrogen-bond acceptors (Lipinski definition) is 7. The van der Waals surface area contributed by atoms with E-state index in [-0.39, 0.29) is 6.54 Å². The van der Waals surface area contributed by atoms with Crippen LogP contribution >= 0.6 is 0 Å². The lowest BCUT2D eigenvalue weighted by Gasteiger charge is -2.20. The van der Waals surface area contributed by atoms with Gasteiger partial charge in [0.15, 0.2) is 5.60 Å². The highest BCUT2D eigenvalue weighted by Gasteiger charge is 2.34. The number of methoxy groups -OCH3 is 1. The van der Waals surface area contributed by atoms with Gasteiger partial charge in [-0.2, -0.15) is 0 Å². The SMILES string of the molecule is CCn1cc([N+](=O)[O-])c(=O)n(CC(C)(O)C(=O)OC)c1=O. The van der Waals surface area contributed by atoms with Gasteiger partial charge in [0, 0.05) is 6.54 Å². The zero-order valence-electron chi connectivity index (χ0n) is 11.7. The fourth-order valence-electron chi connectivity index (χ4n) is 1.72. The lowest BCUT2D eigenvalue weighted by molar-refractivity contribution is -0.387. The van der Waals surface area contributed by atoms with Gasteiger partial charge >= 0.3 is 22.9 Å². The molecule has 0 spiro atoms. The van der Waals surface area contributed by atoms with Crippen LogP contribution in [-0.4, -0.2) is 37.8 Å². The third-order valence-corrected chi connectivity index (χ3v) is 2.85. The number of esters is 1. The van der Waals surface area contributed by atoms with Crippen LogP contribution in [0, 0.1) is 10.1 Å². The number of carbonyl (C=O) groups is 1. The Labute approximate surface area is 118 Å². The van der Waals surface area contributed by atoms with Crippen molar-refractivity contribution in [3.63, 3.8) is 0 Å². The maximum atomic E-state index is 12.0. The fraction of sp³-hybridized carbons (Fsp3) is 0.545. The molecule has 0 aliphatic heterocycles. The smallest absolute Gasteiger partial charge is 0.350 e. The van der Waals surface area contributed by atoms with Gasteiger partial charge < -0.3 is 9.84 Å². The molecule has 1 heterocycles. The summed E-state index contributed by atoms with van der Waals surface area (Å²) in [7, 11) is 1.03. The third kappa shape index (κ3) is 3.16. The molecular weight excluding hydrogens is 286 g/mol. The number of nitrogens with zero attached hydrogens (tertiary/aromatic N) is 3. The zero-order chi connectivity index (χ0) is 16.4. The summed E-state index contributed by atoms with van der Waals surface area (Å²) < 4.78 is 5.73. The minimum Gasteiger partial charge on any atom is -0.467 e. The molecule has 1 aromatic heterocycles. The van der Waals surface area contributed by atoms with Gasteiger partial charge in [0.25, 0.3) is 0 Å². The van der Waals surface area contributed by atoms with Gasteiger partial charge in [-0.05, 0) is 13.8 Å². The number of nitro groups is 1. The summed E-state index contributed by atoms with van der Waals surface area (Å²) in [6.45, 7) is 1.93. The van der Waals surface area contributed by atoms with Crippen molar-refractivity contribution < 1.29 is 19.6 Å². The summed E-state index contributed by atoms with van der Waals surface area (Å²) in [5.41, 5.74) is -5.05. The van der Waals surface area contributed by atoms with Crippen molar-refractivity contribution in [2.24, 2.45) is 0 Å². The zero-order valence-corrected chi connectivity index (χ0v) is 11.7. The number of hydrogen-bond donors (Lipinski definition) is 1. The van der Waals surface area contributed by atoms with Crippen LogP contribution in [0.15, 0.2) is 15.8 Å². The molecule has 10 nitrogen and oxygen atoms in total. The highest BCUT2D eigenvalue weighted by molar-refractivity contribution is 5.78. The van der Waals surface area contributed by atoms with E-state index in [0.29, 0.717) is 4.57 Å². The van der Waals surface area contributed by atoms with Crippen molar-refractivity contribution >= 4 is 11.7 Å². The summed E-state index contributed by atoms with van der Waals surface area (Å²) in [4.78, 5) is 45.3. The number of aromatic nitrogens is 2. The Kier molecular flexibility index (Phi) is 4.63. The van der Waals surface area contributed by atoms with Crippen LogP contribution in [0.5, 0.6) is 0 Å². The van der Waals surface area contributed by atoms with Crippen molar-refractivity contribution in [1.29, 1.82) is 0 Å². The second-order valence-corrected chi connectivity index (χ2v) is 4.50. The van der Waals surface area contributed by atoms with E-state index in [1.165, 1.54) is 0 Å². The Hall–Kier alpha value is -2.49. The summed E-state index contributed by atoms with van der Waals surface area (Å²) in [5, 5.41) is 20.8. The van der Waals surface area contributed by atoms with Gasteiger partial charge in [-0.25, -0.2) is 9.59 Å². The Morgan fingerprint density at radius 1 is 1.52 bits per heavy atom. The Morgan fingerprint density at radius 2 is 2.10 bits per heavy atom. The molecule has 0 aliphatic rings. The molecule has 1 atom stereocenters. The first kappa shape index (κ1) is 16.6. The number of rotatable bonds is 5. The molecule has 1 aromatic rings. The molecular formula is C11H15N3O7. The molecule has 1 unspecified atom stereocenters. The molecule has 0 fully saturated rings. The minimum absolute atomic E-state index is 0.0837. The summed E-state index contributed by atoms with van der Waals surface area (Å²) in [5.74, 6) is -1.07. The summed E-state index contributed by atoms with van der Waals surface area (Å²) >= 11 is 0. The van der Waals surface area contributed by atoms with E-state index in [4.69, 9.17) is 0 Å². The Balaban J connectivity index is 3.52. The number of aryl methyl sites for hydroxylation is 1. The molecule has 0 aromatic carbocycles. The van der Waals surface area contributed by atoms with Crippen molar-refractivity contribution in [1.82, 2.24) is 9.13 Å². The van der Waals surface area contributed by atoms with Crippen LogP contribution in [0.1, 0.15) is 13.8 Å². The number of ether oxygens (including phenoxy) is 1. The average Bonchev–Trinajstić information content (AvgIpc) is 2.42. The Bertz CT molecular complexity index is 686. The van der Waals surface area contributed by atoms with Gasteiger partial charge in [0.05, 0.1) is 24.8 Å². The van der Waals surface area contributed by atoms with E-state index in [9.17, 15) is 29.6 Å². The minimum atomic E-state index is -2.17. The molecule has 1 N–H and O–H groups in total. The first-order valence-electron chi connectivity index (χ1n) is 5.95. The molecule has 0 radical (unpaired) electrons. The van der Waals surface area contributed by atoms with Gasteiger partial charge in [0.1, 0.15) is 0 Å². The summed E-state index contributed by atoms with van der Waals surface area (Å²) in [6.07, 6.45) is 0.827. The Morgan fingerprint density at radius 3 is 2.52 bits per heavy atom. The maximum Gasteiger partial charge on any atom is 0.350 e. The van der Waals surface area contributed by atoms with Gasteiger partial charge in [-0.15, -0.1) is 0 Å². The van der Waals surface area contributed by atoms with Crippen LogP contribution < -0.4 is 11.2 Å². The van der Waals surface area contributed by atoms with Crippen LogP contribution in [0.3, 0.4) is 0 Å². The van der Waals surface area contributed by atoms with E-state index in [1.54, 1.807) is 6.92 Å². The molecule has 0 bridgehead atoms. The van der Waals surface area contributed by atoms with Crippen molar-refractivity contribution in [2.45, 2.75) is 32.5 Å². The van der Waals surface area contributed by atoms with Crippen molar-refractivity contribution in [2.75, 3.05) is 7.11 Å². The van der Waals surface area contributed by atoms with Crippen LogP contribution in [0.4, 0.5) is 5.69 Å². The monoisotopic (exact) mass is 301 g/mol. The van der Waals surface area contributed by atoms with Gasteiger partial charge in [-0.1, -0.05) is 0 Å². The van der Waals surface area contributed by atoms with E-state index >= 15 is 0 Å². The largest absolute Gasteiger partial charge is 0.467 e. The lowest BCUT2D eigenvalue weighted by atomic mass is 10.1. The molecule has 116 valence electrons. The lowest BCUT2D eigenvalue weighted by Crippen LogP contribution is -2.49. The van der Waals surface area contributed by atoms with E-state index in [0.717, 1.165) is 24.8 Å². The molecule has 0 amide bonds. The fourth-order valence-corrected chi connectivity index (χ4v) is 1.72. The maximum absolute atomic E-state index is 12.0. The number of aliphatic hydroxyl groups is 1. The second-order valence-electron chi connectivity index (χ2n) is 4.50. The first-order valence-corrected chi connectivity index (χ1v) is 5.95. The second kappa shape index (κ2) is 5.87. The van der Waals surface area contributed by atoms with Crippen LogP contribution in [-0.2, 0) is 22.6 Å². The average molecular weight is 301 g/mol. The van der Waals surface area contributed by atoms with Crippen LogP contribution in [0.25, 0.3) is 0 Å². The van der Waals surface area contributed by atoms with E-state index in [1.807, 2.05) is 0 Å². The highest BCUT2D eigenvalue weighted by Crippen LogP contribution is 2.08. The standard InChI is InChI=1S/C11H15N3O7/c1-4-12-5-7(14(19)20)8(15)13(10(12)17)6-11(2,18)9(16)21-3/h5,18H,4,6H2,1-3H3. The predicted octanol–water partition coefficient (Wildman–Crippen LogP) is -1.14. The molecule has 1 rings (SSSR count). The molecule has 10 heteroatoms. The molecule has 0 saturated carbocycles. The predicted molar refractivity (Wildman–Crippen MR) is 69.9 cm³/mol. The van der Waals surface area contributed by atoms with Gasteiger partial charge in [0.2, 0.25) is 0 Å². The molecule has 0 saturated heterocycles. The van der Waals surface area contributed by atoms with Crippen molar-refractivity contribution in [3.05, 3.63) is 37.1 Å². The van der Waals surface area contributed by atoms with Gasteiger partial charge in [-0.3, -0.25) is 24.0 Å². The first-order chi connectivity index (χ1) is 9.65. The number of carbonyl (C=O) groups excluding carboxylic acids is 1.